The second kappa shape index (κ2) is 42.3. The van der Waals surface area contributed by atoms with Gasteiger partial charge < -0.3 is 59.7 Å². The highest BCUT2D eigenvalue weighted by Crippen LogP contribution is 2.43. The SMILES string of the molecule is CCOc1ccc(-c2ccccc2)cc1Nc1ncnc2n[nH]c(C3=NCC=C3)c12.COc1ccc(-c2ccccc2)cc1Nc1ncnc2n[nH]c(C3=NCC=C3)c12.COc1ccc(-c2ccccn2)cc1Nc1ncnc2n[nH]c(C3=NCC=C3)c12.COc1ccc(-c2ccoc2)cc1Nc1ncnc2n[nH]c(C3=NCC=C3)c12.COc1ccc(-c2ccsc2)cc1Nc1ncnc2[nH]cc(C3=NCC=C3)c12. The fourth-order valence-electron chi connectivity index (χ4n) is 16.8. The van der Waals surface area contributed by atoms with Crippen LogP contribution in [0.1, 0.15) is 35.3 Å². The van der Waals surface area contributed by atoms with Gasteiger partial charge in [-0.3, -0.25) is 50.3 Å². The molecule has 0 fully saturated rings. The van der Waals surface area contributed by atoms with Crippen molar-refractivity contribution in [2.45, 2.75) is 6.92 Å². The van der Waals surface area contributed by atoms with E-state index in [1.165, 1.54) is 30.9 Å². The lowest BCUT2D eigenvalue weighted by Gasteiger charge is -2.14. The lowest BCUT2D eigenvalue weighted by molar-refractivity contribution is 0.342. The minimum Gasteiger partial charge on any atom is -0.495 e. The molecule has 0 radical (unpaired) electrons. The van der Waals surface area contributed by atoms with Gasteiger partial charge in [0.1, 0.15) is 95.1 Å². The zero-order valence-corrected chi connectivity index (χ0v) is 78.8. The molecule has 0 unspecified atom stereocenters. The largest absolute Gasteiger partial charge is 0.495 e. The normalized spacial score (nSPS) is 13.0. The number of methoxy groups -OCH3 is 4. The predicted octanol–water partition coefficient (Wildman–Crippen LogP) is 20.7. The summed E-state index contributed by atoms with van der Waals surface area (Å²) < 4.78 is 33.3. The number of fused-ring (bicyclic) bond motifs is 5. The van der Waals surface area contributed by atoms with E-state index in [0.29, 0.717) is 103 Å². The van der Waals surface area contributed by atoms with Crippen LogP contribution < -0.4 is 50.3 Å². The maximum absolute atomic E-state index is 5.86. The number of pyridine rings is 1. The zero-order valence-electron chi connectivity index (χ0n) is 78.0. The van der Waals surface area contributed by atoms with Crippen LogP contribution in [0.15, 0.2) is 339 Å². The summed E-state index contributed by atoms with van der Waals surface area (Å²) in [6.07, 6.45) is 34.5. The van der Waals surface area contributed by atoms with Gasteiger partial charge in [-0.15, -0.1) is 0 Å². The summed E-state index contributed by atoms with van der Waals surface area (Å²) in [5, 5.41) is 54.7. The van der Waals surface area contributed by atoms with Crippen LogP contribution in [0.25, 0.3) is 111 Å². The van der Waals surface area contributed by atoms with Crippen LogP contribution in [-0.2, 0) is 0 Å². The van der Waals surface area contributed by atoms with E-state index >= 15 is 0 Å². The Morgan fingerprint density at radius 3 is 1.06 bits per heavy atom. The summed E-state index contributed by atoms with van der Waals surface area (Å²) in [4.78, 5) is 73.9. The quantitative estimate of drug-likeness (QED) is 0.0241. The molecule has 0 saturated heterocycles. The third-order valence-electron chi connectivity index (χ3n) is 23.6. The summed E-state index contributed by atoms with van der Waals surface area (Å²) in [6.45, 7) is 5.89. The number of H-pyrrole nitrogens is 5. The van der Waals surface area contributed by atoms with Crippen LogP contribution in [0, 0.1) is 0 Å². The van der Waals surface area contributed by atoms with Crippen molar-refractivity contribution in [2.75, 3.05) is 94.4 Å². The van der Waals surface area contributed by atoms with E-state index in [1.807, 2.05) is 195 Å². The Hall–Kier alpha value is -19.5. The number of hydrogen-bond donors (Lipinski definition) is 10. The number of furan rings is 1. The third-order valence-corrected chi connectivity index (χ3v) is 24.3. The van der Waals surface area contributed by atoms with Crippen molar-refractivity contribution in [1.82, 2.24) is 101 Å². The molecule has 7 aromatic carbocycles. The van der Waals surface area contributed by atoms with Crippen molar-refractivity contribution in [3.63, 3.8) is 0 Å². The molecule has 708 valence electrons. The van der Waals surface area contributed by atoms with Gasteiger partial charge in [0, 0.05) is 29.1 Å². The number of nitrogens with zero attached hydrogens (tertiary/aromatic N) is 20. The lowest BCUT2D eigenvalue weighted by atomic mass is 10.0. The number of anilines is 10. The van der Waals surface area contributed by atoms with Crippen LogP contribution in [0.5, 0.6) is 28.7 Å². The van der Waals surface area contributed by atoms with Gasteiger partial charge in [0.05, 0.1) is 193 Å². The average Bonchev–Trinajstić information content (AvgIpc) is 1.63. The van der Waals surface area contributed by atoms with Crippen LogP contribution in [0.2, 0.25) is 0 Å². The van der Waals surface area contributed by atoms with Gasteiger partial charge >= 0.3 is 0 Å². The van der Waals surface area contributed by atoms with E-state index in [-0.39, 0.29) is 0 Å². The molecule has 5 aliphatic heterocycles. The number of aromatic nitrogens is 20. The van der Waals surface area contributed by atoms with Gasteiger partial charge in [0.25, 0.3) is 0 Å². The van der Waals surface area contributed by atoms with E-state index in [1.54, 1.807) is 64.8 Å². The van der Waals surface area contributed by atoms with Crippen molar-refractivity contribution in [3.8, 4) is 84.5 Å². The number of hydrogen-bond acceptors (Lipinski definition) is 32. The van der Waals surface area contributed by atoms with Crippen molar-refractivity contribution in [2.24, 2.45) is 25.0 Å². The molecule has 13 aromatic heterocycles. The first-order chi connectivity index (χ1) is 71.2. The fourth-order valence-corrected chi connectivity index (χ4v) is 17.4. The van der Waals surface area contributed by atoms with E-state index in [2.05, 4.69) is 224 Å². The number of nitrogens with one attached hydrogen (secondary N) is 10. The smallest absolute Gasteiger partial charge is 0.186 e. The number of thiophene rings is 1. The number of rotatable bonds is 26. The van der Waals surface area contributed by atoms with E-state index < -0.39 is 0 Å². The molecular weight excluding hydrogens is 1830 g/mol. The molecule has 10 N–H and O–H groups in total. The van der Waals surface area contributed by atoms with E-state index in [9.17, 15) is 0 Å². The number of aromatic amines is 5. The summed E-state index contributed by atoms with van der Waals surface area (Å²) in [5.74, 6) is 6.88. The van der Waals surface area contributed by atoms with Crippen molar-refractivity contribution >= 4 is 153 Å². The molecule has 144 heavy (non-hydrogen) atoms. The van der Waals surface area contributed by atoms with Gasteiger partial charge in [-0.1, -0.05) is 121 Å². The Labute approximate surface area is 825 Å². The number of allylic oxidation sites excluding steroid dienone is 5. The molecule has 0 atom stereocenters. The Morgan fingerprint density at radius 1 is 0.333 bits per heavy atom. The van der Waals surface area contributed by atoms with Gasteiger partial charge in [-0.05, 0) is 178 Å². The molecule has 25 rings (SSSR count). The molecule has 18 heterocycles. The highest BCUT2D eigenvalue weighted by molar-refractivity contribution is 7.08. The van der Waals surface area contributed by atoms with E-state index in [4.69, 9.17) is 28.1 Å². The van der Waals surface area contributed by atoms with Gasteiger partial charge in [-0.25, -0.2) is 49.8 Å². The molecule has 0 bridgehead atoms. The van der Waals surface area contributed by atoms with Crippen molar-refractivity contribution < 1.29 is 28.1 Å². The second-order valence-electron chi connectivity index (χ2n) is 32.3. The Kier molecular flexibility index (Phi) is 26.7. The Balaban J connectivity index is 0.000000106. The standard InChI is InChI=1S/C23H20N6O.C22H18N6O.C21H17N7O.C21H17N5OS.C20H16N6O2/c1-2-30-19-11-10-16(15-7-4-3-5-8-15)13-18(19)27-22-20-21(17-9-6-12-24-17)28-29-23(20)26-14-25-22;1-29-18-10-9-15(14-6-3-2-4-7-14)12-17(18)26-21-19-20(16-8-5-11-23-16)27-28-22(19)25-13-24-21;1-29-17-8-7-13(14-5-2-3-9-22-14)11-16(17)26-20-18-19(15-6-4-10-23-15)27-28-21(18)25-12-24-20;1-27-18-5-4-13(14-6-8-28-11-14)9-17(18)26-21-19-15(16-3-2-7-22-16)10-23-20(19)24-12-25-21;1-27-16-5-4-12(13-6-8-28-10-13)9-15(16)24-19-17-18(14-3-2-7-21-14)25-26-20(17)23-11-22-19/h3-11,13-14H,2,12H2,1H3,(H2,25,26,27,28,29);2-10,12-13H,11H2,1H3,(H2,24,25,26,27,28);2-9,11-12H,10H2,1H3,(H2,24,25,26,27,28);2-6,8-12H,7H2,1H3,(H2,23,24,25,26);2-6,8-11H,7H2,1H3,(H2,22,23,24,25,26). The second-order valence-corrected chi connectivity index (χ2v) is 33.0. The Morgan fingerprint density at radius 2 is 0.694 bits per heavy atom. The number of aliphatic imine (C=N–C) groups is 5. The number of ether oxygens (including phenoxy) is 5. The van der Waals surface area contributed by atoms with Gasteiger partial charge in [0.15, 0.2) is 22.6 Å². The molecular formula is C107H88N30O6S. The summed E-state index contributed by atoms with van der Waals surface area (Å²) >= 11 is 1.68. The van der Waals surface area contributed by atoms with Crippen LogP contribution in [-0.4, -0.2) is 197 Å². The Bertz CT molecular complexity index is 8040. The molecule has 0 aliphatic carbocycles. The first-order valence-electron chi connectivity index (χ1n) is 45.7. The highest BCUT2D eigenvalue weighted by atomic mass is 32.1. The monoisotopic (exact) mass is 1920 g/mol. The zero-order chi connectivity index (χ0) is 97.4. The summed E-state index contributed by atoms with van der Waals surface area (Å²) in [6, 6.07) is 60.3. The first kappa shape index (κ1) is 91.0. The molecule has 36 nitrogen and oxygen atoms in total. The molecule has 0 spiro atoms. The minimum atomic E-state index is 0.567. The van der Waals surface area contributed by atoms with Gasteiger partial charge in [-0.2, -0.15) is 31.7 Å². The molecule has 5 aliphatic rings. The third kappa shape index (κ3) is 19.5. The maximum atomic E-state index is 5.86. The summed E-state index contributed by atoms with van der Waals surface area (Å²) in [5.41, 5.74) is 26.1. The molecule has 0 amide bonds. The van der Waals surface area contributed by atoms with Crippen LogP contribution in [0.4, 0.5) is 57.5 Å². The predicted molar refractivity (Wildman–Crippen MR) is 564 cm³/mol. The van der Waals surface area contributed by atoms with Crippen LogP contribution >= 0.6 is 11.3 Å². The molecule has 20 aromatic rings. The van der Waals surface area contributed by atoms with Gasteiger partial charge in [0.2, 0.25) is 0 Å². The highest BCUT2D eigenvalue weighted by Gasteiger charge is 2.26. The van der Waals surface area contributed by atoms with E-state index in [0.717, 1.165) is 185 Å². The summed E-state index contributed by atoms with van der Waals surface area (Å²) in [7, 11) is 6.59. The van der Waals surface area contributed by atoms with Crippen LogP contribution in [0.3, 0.4) is 0 Å². The topological polar surface area (TPSA) is 454 Å². The maximum Gasteiger partial charge on any atom is 0.186 e. The lowest BCUT2D eigenvalue weighted by Crippen LogP contribution is -2.02. The first-order valence-corrected chi connectivity index (χ1v) is 46.7. The number of benzene rings is 7. The molecule has 37 heteroatoms. The fraction of sp³-hybridized carbons (Fsp3) is 0.103. The average molecular weight is 1920 g/mol. The minimum absolute atomic E-state index is 0.567. The van der Waals surface area contributed by atoms with Crippen molar-refractivity contribution in [3.05, 3.63) is 338 Å². The molecule has 0 saturated carbocycles. The van der Waals surface area contributed by atoms with Crippen molar-refractivity contribution in [1.29, 1.82) is 0 Å².